The molecule has 3 nitrogen and oxygen atoms in total. The molecule has 0 bridgehead atoms. The minimum absolute atomic E-state index is 0.0189. The van der Waals surface area contributed by atoms with E-state index in [-0.39, 0.29) is 5.91 Å². The van der Waals surface area contributed by atoms with Crippen molar-refractivity contribution in [3.63, 3.8) is 0 Å². The summed E-state index contributed by atoms with van der Waals surface area (Å²) < 4.78 is 0. The van der Waals surface area contributed by atoms with E-state index in [1.807, 2.05) is 62.4 Å². The van der Waals surface area contributed by atoms with Crippen molar-refractivity contribution in [2.45, 2.75) is 20.4 Å². The molecule has 3 heteroatoms. The van der Waals surface area contributed by atoms with Crippen LogP contribution in [0.3, 0.4) is 0 Å². The van der Waals surface area contributed by atoms with Gasteiger partial charge in [-0.25, -0.2) is 0 Å². The molecule has 2 N–H and O–H groups in total. The Morgan fingerprint density at radius 2 is 1.75 bits per heavy atom. The molecule has 2 aromatic rings. The van der Waals surface area contributed by atoms with Crippen molar-refractivity contribution in [1.82, 2.24) is 0 Å². The number of anilines is 1. The number of carbonyl (C=O) groups is 1. The molecule has 0 aliphatic carbocycles. The van der Waals surface area contributed by atoms with Crippen LogP contribution in [-0.4, -0.2) is 12.5 Å². The zero-order valence-corrected chi connectivity index (χ0v) is 12.0. The zero-order chi connectivity index (χ0) is 14.5. The van der Waals surface area contributed by atoms with Gasteiger partial charge < -0.3 is 10.6 Å². The quantitative estimate of drug-likeness (QED) is 0.926. The molecule has 0 atom stereocenters. The standard InChI is InChI=1S/C17H20N2O/c1-3-19(16-7-5-4-6-13(16)2)17(20)15-10-8-14(12-18)9-11-15/h4-11H,3,12,18H2,1-2H3. The van der Waals surface area contributed by atoms with Crippen LogP contribution >= 0.6 is 0 Å². The highest BCUT2D eigenvalue weighted by Crippen LogP contribution is 2.21. The number of para-hydroxylation sites is 1. The monoisotopic (exact) mass is 268 g/mol. The molecule has 2 aromatic carbocycles. The van der Waals surface area contributed by atoms with Gasteiger partial charge in [0, 0.05) is 24.3 Å². The number of hydrogen-bond acceptors (Lipinski definition) is 2. The second-order valence-corrected chi connectivity index (χ2v) is 4.74. The van der Waals surface area contributed by atoms with Crippen molar-refractivity contribution < 1.29 is 4.79 Å². The van der Waals surface area contributed by atoms with Crippen molar-refractivity contribution >= 4 is 11.6 Å². The van der Waals surface area contributed by atoms with Gasteiger partial charge in [-0.2, -0.15) is 0 Å². The van der Waals surface area contributed by atoms with Crippen molar-refractivity contribution in [2.75, 3.05) is 11.4 Å². The smallest absolute Gasteiger partial charge is 0.258 e. The Morgan fingerprint density at radius 1 is 1.10 bits per heavy atom. The summed E-state index contributed by atoms with van der Waals surface area (Å²) in [6.07, 6.45) is 0. The Morgan fingerprint density at radius 3 is 2.30 bits per heavy atom. The average Bonchev–Trinajstić information content (AvgIpc) is 2.50. The number of nitrogens with zero attached hydrogens (tertiary/aromatic N) is 1. The number of rotatable bonds is 4. The summed E-state index contributed by atoms with van der Waals surface area (Å²) in [5.41, 5.74) is 9.35. The van der Waals surface area contributed by atoms with Gasteiger partial charge in [0.05, 0.1) is 0 Å². The Bertz CT molecular complexity index is 590. The Labute approximate surface area is 120 Å². The molecule has 2 rings (SSSR count). The first-order valence-electron chi connectivity index (χ1n) is 6.84. The van der Waals surface area contributed by atoms with Gasteiger partial charge in [-0.15, -0.1) is 0 Å². The molecule has 0 fully saturated rings. The highest BCUT2D eigenvalue weighted by Gasteiger charge is 2.17. The van der Waals surface area contributed by atoms with Gasteiger partial charge in [0.15, 0.2) is 0 Å². The van der Waals surface area contributed by atoms with Gasteiger partial charge >= 0.3 is 0 Å². The van der Waals surface area contributed by atoms with Gasteiger partial charge in [0.2, 0.25) is 0 Å². The van der Waals surface area contributed by atoms with Crippen LogP contribution in [0.25, 0.3) is 0 Å². The third kappa shape index (κ3) is 2.89. The van der Waals surface area contributed by atoms with Gasteiger partial charge in [-0.3, -0.25) is 4.79 Å². The molecule has 0 spiro atoms. The van der Waals surface area contributed by atoms with Gasteiger partial charge in [-0.05, 0) is 43.2 Å². The van der Waals surface area contributed by atoms with Gasteiger partial charge in [0.25, 0.3) is 5.91 Å². The first kappa shape index (κ1) is 14.3. The molecule has 0 unspecified atom stereocenters. The lowest BCUT2D eigenvalue weighted by atomic mass is 10.1. The topological polar surface area (TPSA) is 46.3 Å². The lowest BCUT2D eigenvalue weighted by Crippen LogP contribution is -2.31. The third-order valence-corrected chi connectivity index (χ3v) is 3.40. The fraction of sp³-hybridized carbons (Fsp3) is 0.235. The molecule has 0 aliphatic rings. The molecule has 104 valence electrons. The SMILES string of the molecule is CCN(C(=O)c1ccc(CN)cc1)c1ccccc1C. The zero-order valence-electron chi connectivity index (χ0n) is 12.0. The van der Waals surface area contributed by atoms with Crippen molar-refractivity contribution in [2.24, 2.45) is 5.73 Å². The maximum absolute atomic E-state index is 12.6. The molecule has 0 aliphatic heterocycles. The van der Waals surface area contributed by atoms with E-state index in [4.69, 9.17) is 5.73 Å². The predicted molar refractivity (Wildman–Crippen MR) is 82.9 cm³/mol. The molecule has 0 saturated carbocycles. The van der Waals surface area contributed by atoms with Crippen LogP contribution in [0.1, 0.15) is 28.4 Å². The van der Waals surface area contributed by atoms with E-state index < -0.39 is 0 Å². The lowest BCUT2D eigenvalue weighted by Gasteiger charge is -2.23. The highest BCUT2D eigenvalue weighted by atomic mass is 16.2. The van der Waals surface area contributed by atoms with Crippen LogP contribution in [0.4, 0.5) is 5.69 Å². The summed E-state index contributed by atoms with van der Waals surface area (Å²) in [7, 11) is 0. The van der Waals surface area contributed by atoms with E-state index in [2.05, 4.69) is 0 Å². The minimum atomic E-state index is 0.0189. The first-order chi connectivity index (χ1) is 9.67. The summed E-state index contributed by atoms with van der Waals surface area (Å²) in [6, 6.07) is 15.4. The molecular formula is C17H20N2O. The second kappa shape index (κ2) is 6.35. The van der Waals surface area contributed by atoms with E-state index in [0.29, 0.717) is 18.7 Å². The third-order valence-electron chi connectivity index (χ3n) is 3.40. The fourth-order valence-electron chi connectivity index (χ4n) is 2.23. The molecule has 0 aromatic heterocycles. The van der Waals surface area contributed by atoms with Crippen LogP contribution in [0.2, 0.25) is 0 Å². The van der Waals surface area contributed by atoms with Crippen LogP contribution in [-0.2, 0) is 6.54 Å². The normalized spacial score (nSPS) is 10.3. The number of aryl methyl sites for hydroxylation is 1. The summed E-state index contributed by atoms with van der Waals surface area (Å²) >= 11 is 0. The Kier molecular flexibility index (Phi) is 4.53. The molecule has 0 radical (unpaired) electrons. The molecule has 1 amide bonds. The van der Waals surface area contributed by atoms with Gasteiger partial charge in [-0.1, -0.05) is 30.3 Å². The molecule has 0 saturated heterocycles. The summed E-state index contributed by atoms with van der Waals surface area (Å²) in [5.74, 6) is 0.0189. The Hall–Kier alpha value is -2.13. The van der Waals surface area contributed by atoms with Crippen LogP contribution in [0.5, 0.6) is 0 Å². The Balaban J connectivity index is 2.31. The minimum Gasteiger partial charge on any atom is -0.326 e. The van der Waals surface area contributed by atoms with E-state index in [1.54, 1.807) is 4.90 Å². The number of benzene rings is 2. The van der Waals surface area contributed by atoms with Crippen LogP contribution in [0, 0.1) is 6.92 Å². The van der Waals surface area contributed by atoms with E-state index >= 15 is 0 Å². The van der Waals surface area contributed by atoms with E-state index in [1.165, 1.54) is 0 Å². The molecule has 0 heterocycles. The van der Waals surface area contributed by atoms with Crippen molar-refractivity contribution in [3.8, 4) is 0 Å². The fourth-order valence-corrected chi connectivity index (χ4v) is 2.23. The summed E-state index contributed by atoms with van der Waals surface area (Å²) in [4.78, 5) is 14.4. The average molecular weight is 268 g/mol. The first-order valence-corrected chi connectivity index (χ1v) is 6.84. The molecule has 20 heavy (non-hydrogen) atoms. The number of nitrogens with two attached hydrogens (primary N) is 1. The largest absolute Gasteiger partial charge is 0.326 e. The lowest BCUT2D eigenvalue weighted by molar-refractivity contribution is 0.0988. The number of hydrogen-bond donors (Lipinski definition) is 1. The van der Waals surface area contributed by atoms with Gasteiger partial charge in [0.1, 0.15) is 0 Å². The van der Waals surface area contributed by atoms with Crippen molar-refractivity contribution in [3.05, 3.63) is 65.2 Å². The highest BCUT2D eigenvalue weighted by molar-refractivity contribution is 6.06. The maximum Gasteiger partial charge on any atom is 0.258 e. The molecular weight excluding hydrogens is 248 g/mol. The number of amides is 1. The number of carbonyl (C=O) groups excluding carboxylic acids is 1. The second-order valence-electron chi connectivity index (χ2n) is 4.74. The van der Waals surface area contributed by atoms with Crippen molar-refractivity contribution in [1.29, 1.82) is 0 Å². The summed E-state index contributed by atoms with van der Waals surface area (Å²) in [5, 5.41) is 0. The van der Waals surface area contributed by atoms with E-state index in [9.17, 15) is 4.79 Å². The maximum atomic E-state index is 12.6. The van der Waals surface area contributed by atoms with Crippen LogP contribution in [0.15, 0.2) is 48.5 Å². The summed E-state index contributed by atoms with van der Waals surface area (Å²) in [6.45, 7) is 5.13. The van der Waals surface area contributed by atoms with Crippen LogP contribution < -0.4 is 10.6 Å². The predicted octanol–water partition coefficient (Wildman–Crippen LogP) is 3.12. The van der Waals surface area contributed by atoms with E-state index in [0.717, 1.165) is 16.8 Å².